The standard InChI is InChI=1S/C7H14BrClO/c1-3-4-10-7(2,5-8)6-9/h3-6H2,1-2H3. The molecule has 0 spiro atoms. The Labute approximate surface area is 76.2 Å². The van der Waals surface area contributed by atoms with Crippen LogP contribution < -0.4 is 0 Å². The molecule has 3 heteroatoms. The van der Waals surface area contributed by atoms with Crippen molar-refractivity contribution in [2.24, 2.45) is 0 Å². The van der Waals surface area contributed by atoms with Crippen LogP contribution in [-0.2, 0) is 4.74 Å². The van der Waals surface area contributed by atoms with Crippen LogP contribution in [0.15, 0.2) is 0 Å². The van der Waals surface area contributed by atoms with E-state index in [-0.39, 0.29) is 5.60 Å². The molecule has 0 aromatic rings. The van der Waals surface area contributed by atoms with E-state index in [1.807, 2.05) is 6.92 Å². The van der Waals surface area contributed by atoms with E-state index in [0.717, 1.165) is 18.4 Å². The molecule has 0 aromatic heterocycles. The quantitative estimate of drug-likeness (QED) is 0.659. The molecule has 1 unspecified atom stereocenters. The fourth-order valence-electron chi connectivity index (χ4n) is 0.461. The number of halogens is 2. The highest BCUT2D eigenvalue weighted by molar-refractivity contribution is 9.09. The smallest absolute Gasteiger partial charge is 0.0885 e. The van der Waals surface area contributed by atoms with Gasteiger partial charge in [-0.25, -0.2) is 0 Å². The lowest BCUT2D eigenvalue weighted by Crippen LogP contribution is -2.33. The third kappa shape index (κ3) is 3.79. The van der Waals surface area contributed by atoms with Crippen molar-refractivity contribution >= 4 is 27.5 Å². The minimum absolute atomic E-state index is 0.183. The van der Waals surface area contributed by atoms with Crippen LogP contribution in [0.4, 0.5) is 0 Å². The molecule has 0 heterocycles. The van der Waals surface area contributed by atoms with Crippen molar-refractivity contribution < 1.29 is 4.74 Å². The van der Waals surface area contributed by atoms with E-state index in [1.165, 1.54) is 0 Å². The molecule has 0 aliphatic heterocycles. The molecule has 0 amide bonds. The molecule has 0 radical (unpaired) electrons. The number of alkyl halides is 2. The minimum atomic E-state index is -0.183. The summed E-state index contributed by atoms with van der Waals surface area (Å²) < 4.78 is 5.50. The Balaban J connectivity index is 3.58. The normalized spacial score (nSPS) is 16.8. The van der Waals surface area contributed by atoms with Crippen LogP contribution in [0.1, 0.15) is 20.3 Å². The summed E-state index contributed by atoms with van der Waals surface area (Å²) in [6.45, 7) is 4.88. The first-order valence-corrected chi connectivity index (χ1v) is 5.10. The van der Waals surface area contributed by atoms with Gasteiger partial charge in [0.25, 0.3) is 0 Å². The van der Waals surface area contributed by atoms with E-state index in [0.29, 0.717) is 5.88 Å². The number of hydrogen-bond acceptors (Lipinski definition) is 1. The van der Waals surface area contributed by atoms with Gasteiger partial charge in [-0.3, -0.25) is 0 Å². The number of hydrogen-bond donors (Lipinski definition) is 0. The highest BCUT2D eigenvalue weighted by atomic mass is 79.9. The predicted octanol–water partition coefficient (Wildman–Crippen LogP) is 2.81. The largest absolute Gasteiger partial charge is 0.373 e. The van der Waals surface area contributed by atoms with Gasteiger partial charge in [0.2, 0.25) is 0 Å². The van der Waals surface area contributed by atoms with E-state index >= 15 is 0 Å². The van der Waals surface area contributed by atoms with Crippen molar-refractivity contribution in [3.63, 3.8) is 0 Å². The summed E-state index contributed by atoms with van der Waals surface area (Å²) in [6, 6.07) is 0. The van der Waals surface area contributed by atoms with Gasteiger partial charge >= 0.3 is 0 Å². The summed E-state index contributed by atoms with van der Waals surface area (Å²) in [5, 5.41) is 0.795. The molecule has 0 N–H and O–H groups in total. The summed E-state index contributed by atoms with van der Waals surface area (Å²) in [5.41, 5.74) is -0.183. The first-order valence-electron chi connectivity index (χ1n) is 3.44. The maximum Gasteiger partial charge on any atom is 0.0885 e. The van der Waals surface area contributed by atoms with Gasteiger partial charge in [-0.05, 0) is 13.3 Å². The van der Waals surface area contributed by atoms with Gasteiger partial charge in [-0.15, -0.1) is 11.6 Å². The predicted molar refractivity (Wildman–Crippen MR) is 49.2 cm³/mol. The van der Waals surface area contributed by atoms with Crippen molar-refractivity contribution in [2.45, 2.75) is 25.9 Å². The lowest BCUT2D eigenvalue weighted by molar-refractivity contribution is 0.00502. The summed E-state index contributed by atoms with van der Waals surface area (Å²) >= 11 is 9.04. The molecule has 0 aliphatic rings. The van der Waals surface area contributed by atoms with Crippen LogP contribution >= 0.6 is 27.5 Å². The van der Waals surface area contributed by atoms with E-state index < -0.39 is 0 Å². The van der Waals surface area contributed by atoms with Crippen LogP contribution in [0.3, 0.4) is 0 Å². The highest BCUT2D eigenvalue weighted by Crippen LogP contribution is 2.15. The molecule has 10 heavy (non-hydrogen) atoms. The van der Waals surface area contributed by atoms with Gasteiger partial charge in [0.05, 0.1) is 11.5 Å². The molecular weight excluding hydrogens is 215 g/mol. The Morgan fingerprint density at radius 3 is 2.50 bits per heavy atom. The van der Waals surface area contributed by atoms with E-state index in [9.17, 15) is 0 Å². The van der Waals surface area contributed by atoms with Crippen molar-refractivity contribution in [3.05, 3.63) is 0 Å². The van der Waals surface area contributed by atoms with Crippen molar-refractivity contribution in [1.29, 1.82) is 0 Å². The topological polar surface area (TPSA) is 9.23 Å². The Hall–Kier alpha value is 0.730. The molecule has 0 saturated carbocycles. The summed E-state index contributed by atoms with van der Waals surface area (Å²) in [5.74, 6) is 0.540. The third-order valence-corrected chi connectivity index (χ3v) is 2.97. The zero-order valence-electron chi connectivity index (χ0n) is 6.49. The van der Waals surface area contributed by atoms with E-state index in [1.54, 1.807) is 0 Å². The Morgan fingerprint density at radius 2 is 2.20 bits per heavy atom. The number of rotatable bonds is 5. The molecule has 62 valence electrons. The van der Waals surface area contributed by atoms with E-state index in [4.69, 9.17) is 16.3 Å². The van der Waals surface area contributed by atoms with Gasteiger partial charge in [0.1, 0.15) is 0 Å². The average molecular weight is 230 g/mol. The highest BCUT2D eigenvalue weighted by Gasteiger charge is 2.21. The van der Waals surface area contributed by atoms with Crippen LogP contribution in [-0.4, -0.2) is 23.4 Å². The molecule has 0 aromatic carbocycles. The Morgan fingerprint density at radius 1 is 1.60 bits per heavy atom. The van der Waals surface area contributed by atoms with Crippen LogP contribution in [0, 0.1) is 0 Å². The van der Waals surface area contributed by atoms with E-state index in [2.05, 4.69) is 22.9 Å². The second kappa shape index (κ2) is 5.39. The average Bonchev–Trinajstić information content (AvgIpc) is 2.00. The second-order valence-electron chi connectivity index (χ2n) is 2.57. The van der Waals surface area contributed by atoms with Gasteiger partial charge in [0, 0.05) is 11.9 Å². The Kier molecular flexibility index (Phi) is 5.78. The monoisotopic (exact) mass is 228 g/mol. The maximum atomic E-state index is 5.69. The molecule has 0 fully saturated rings. The lowest BCUT2D eigenvalue weighted by Gasteiger charge is -2.24. The van der Waals surface area contributed by atoms with Gasteiger partial charge in [-0.1, -0.05) is 22.9 Å². The third-order valence-electron chi connectivity index (χ3n) is 1.22. The molecule has 1 nitrogen and oxygen atoms in total. The molecule has 0 bridgehead atoms. The lowest BCUT2D eigenvalue weighted by atomic mass is 10.2. The fraction of sp³-hybridized carbons (Fsp3) is 1.00. The summed E-state index contributed by atoms with van der Waals surface area (Å²) in [4.78, 5) is 0. The summed E-state index contributed by atoms with van der Waals surface area (Å²) in [7, 11) is 0. The van der Waals surface area contributed by atoms with Crippen LogP contribution in [0.2, 0.25) is 0 Å². The van der Waals surface area contributed by atoms with Crippen molar-refractivity contribution in [3.8, 4) is 0 Å². The van der Waals surface area contributed by atoms with Gasteiger partial charge in [-0.2, -0.15) is 0 Å². The first kappa shape index (κ1) is 10.7. The minimum Gasteiger partial charge on any atom is -0.373 e. The van der Waals surface area contributed by atoms with Crippen LogP contribution in [0.5, 0.6) is 0 Å². The Bertz CT molecular complexity index is 83.7. The summed E-state index contributed by atoms with van der Waals surface area (Å²) in [6.07, 6.45) is 1.04. The first-order chi connectivity index (χ1) is 4.68. The van der Waals surface area contributed by atoms with Gasteiger partial charge in [0.15, 0.2) is 0 Å². The maximum absolute atomic E-state index is 5.69. The molecular formula is C7H14BrClO. The molecule has 0 saturated heterocycles. The van der Waals surface area contributed by atoms with Crippen molar-refractivity contribution in [1.82, 2.24) is 0 Å². The van der Waals surface area contributed by atoms with Crippen molar-refractivity contribution in [2.75, 3.05) is 17.8 Å². The number of ether oxygens (including phenoxy) is 1. The molecule has 0 aliphatic carbocycles. The second-order valence-corrected chi connectivity index (χ2v) is 3.39. The van der Waals surface area contributed by atoms with Gasteiger partial charge < -0.3 is 4.74 Å². The zero-order valence-corrected chi connectivity index (χ0v) is 8.83. The molecule has 0 rings (SSSR count). The molecule has 1 atom stereocenters. The zero-order chi connectivity index (χ0) is 8.04. The van der Waals surface area contributed by atoms with Crippen LogP contribution in [0.25, 0.3) is 0 Å². The fourth-order valence-corrected chi connectivity index (χ4v) is 1.22. The SMILES string of the molecule is CCCOC(C)(CCl)CBr.